The van der Waals surface area contributed by atoms with E-state index >= 15 is 0 Å². The van der Waals surface area contributed by atoms with Gasteiger partial charge in [-0.15, -0.1) is 0 Å². The molecule has 4 nitrogen and oxygen atoms in total. The Labute approximate surface area is 124 Å². The van der Waals surface area contributed by atoms with Crippen LogP contribution in [0.2, 0.25) is 0 Å². The highest BCUT2D eigenvalue weighted by atomic mass is 15.2. The number of hydrogen-bond donors (Lipinski definition) is 1. The Balaban J connectivity index is 2.94. The summed E-state index contributed by atoms with van der Waals surface area (Å²) in [5.74, 6) is 2.93. The predicted octanol–water partition coefficient (Wildman–Crippen LogP) is 3.88. The molecule has 0 saturated heterocycles. The lowest BCUT2D eigenvalue weighted by molar-refractivity contribution is 0.609. The Hall–Kier alpha value is -1.32. The van der Waals surface area contributed by atoms with Crippen molar-refractivity contribution in [2.24, 2.45) is 0 Å². The van der Waals surface area contributed by atoms with Crippen LogP contribution in [-0.2, 0) is 6.42 Å². The SMILES string of the molecule is CCCNc1cc(N(C)C(C)CCC)nc(CCC)n1. The van der Waals surface area contributed by atoms with E-state index in [1.54, 1.807) is 0 Å². The van der Waals surface area contributed by atoms with E-state index in [9.17, 15) is 0 Å². The standard InChI is InChI=1S/C16H30N4/c1-6-9-13(4)20(5)16-12-15(17-11-8-3)18-14(19-16)10-7-2/h12-13H,6-11H2,1-5H3,(H,17,18,19). The lowest BCUT2D eigenvalue weighted by Crippen LogP contribution is -2.29. The first-order chi connectivity index (χ1) is 9.62. The lowest BCUT2D eigenvalue weighted by Gasteiger charge is -2.26. The average molecular weight is 278 g/mol. The van der Waals surface area contributed by atoms with Crippen molar-refractivity contribution in [2.75, 3.05) is 23.8 Å². The van der Waals surface area contributed by atoms with Crippen molar-refractivity contribution in [2.45, 2.75) is 65.8 Å². The molecule has 0 fully saturated rings. The number of aryl methyl sites for hydroxylation is 1. The summed E-state index contributed by atoms with van der Waals surface area (Å²) in [7, 11) is 2.13. The fourth-order valence-electron chi connectivity index (χ4n) is 2.18. The van der Waals surface area contributed by atoms with E-state index in [4.69, 9.17) is 4.98 Å². The maximum Gasteiger partial charge on any atom is 0.134 e. The molecule has 0 aliphatic carbocycles. The van der Waals surface area contributed by atoms with Gasteiger partial charge in [0.05, 0.1) is 0 Å². The van der Waals surface area contributed by atoms with Gasteiger partial charge in [-0.3, -0.25) is 0 Å². The number of aromatic nitrogens is 2. The summed E-state index contributed by atoms with van der Waals surface area (Å²) in [5.41, 5.74) is 0. The molecule has 0 saturated carbocycles. The fraction of sp³-hybridized carbons (Fsp3) is 0.750. The summed E-state index contributed by atoms with van der Waals surface area (Å²) in [6, 6.07) is 2.57. The highest BCUT2D eigenvalue weighted by Crippen LogP contribution is 2.19. The van der Waals surface area contributed by atoms with Gasteiger partial charge >= 0.3 is 0 Å². The second-order valence-corrected chi connectivity index (χ2v) is 5.45. The fourth-order valence-corrected chi connectivity index (χ4v) is 2.18. The number of rotatable bonds is 9. The third-order valence-corrected chi connectivity index (χ3v) is 3.52. The molecule has 0 spiro atoms. The number of anilines is 2. The molecule has 1 heterocycles. The van der Waals surface area contributed by atoms with Crippen LogP contribution < -0.4 is 10.2 Å². The van der Waals surface area contributed by atoms with Crippen LogP contribution >= 0.6 is 0 Å². The molecule has 0 radical (unpaired) electrons. The van der Waals surface area contributed by atoms with E-state index in [0.717, 1.165) is 43.3 Å². The topological polar surface area (TPSA) is 41.0 Å². The van der Waals surface area contributed by atoms with Gasteiger partial charge in [0.1, 0.15) is 17.5 Å². The molecule has 1 atom stereocenters. The number of nitrogens with one attached hydrogen (secondary N) is 1. The first-order valence-electron chi connectivity index (χ1n) is 7.96. The molecule has 1 unspecified atom stereocenters. The van der Waals surface area contributed by atoms with Gasteiger partial charge in [0.15, 0.2) is 0 Å². The molecule has 1 rings (SSSR count). The smallest absolute Gasteiger partial charge is 0.134 e. The van der Waals surface area contributed by atoms with Crippen molar-refractivity contribution in [3.05, 3.63) is 11.9 Å². The average Bonchev–Trinajstić information content (AvgIpc) is 2.44. The minimum absolute atomic E-state index is 0.503. The second kappa shape index (κ2) is 8.77. The quantitative estimate of drug-likeness (QED) is 0.744. The summed E-state index contributed by atoms with van der Waals surface area (Å²) in [5, 5.41) is 3.38. The minimum Gasteiger partial charge on any atom is -0.370 e. The van der Waals surface area contributed by atoms with E-state index in [2.05, 4.69) is 56.0 Å². The zero-order valence-electron chi connectivity index (χ0n) is 13.7. The van der Waals surface area contributed by atoms with Crippen molar-refractivity contribution in [3.8, 4) is 0 Å². The Bertz CT molecular complexity index is 392. The van der Waals surface area contributed by atoms with E-state index in [0.29, 0.717) is 6.04 Å². The van der Waals surface area contributed by atoms with Crippen LogP contribution in [0, 0.1) is 0 Å². The molecule has 1 N–H and O–H groups in total. The van der Waals surface area contributed by atoms with E-state index in [1.807, 2.05) is 0 Å². The first kappa shape index (κ1) is 16.7. The molecule has 20 heavy (non-hydrogen) atoms. The Kier molecular flexibility index (Phi) is 7.34. The normalized spacial score (nSPS) is 12.2. The van der Waals surface area contributed by atoms with Crippen LogP contribution in [0.5, 0.6) is 0 Å². The second-order valence-electron chi connectivity index (χ2n) is 5.45. The van der Waals surface area contributed by atoms with Gasteiger partial charge in [0, 0.05) is 32.1 Å². The van der Waals surface area contributed by atoms with E-state index in [1.165, 1.54) is 12.8 Å². The molecule has 1 aromatic rings. The van der Waals surface area contributed by atoms with Gasteiger partial charge in [-0.2, -0.15) is 0 Å². The maximum absolute atomic E-state index is 4.71. The summed E-state index contributed by atoms with van der Waals surface area (Å²) in [6.45, 7) is 9.76. The highest BCUT2D eigenvalue weighted by Gasteiger charge is 2.13. The van der Waals surface area contributed by atoms with Crippen LogP contribution in [0.4, 0.5) is 11.6 Å². The Morgan fingerprint density at radius 3 is 2.50 bits per heavy atom. The van der Waals surface area contributed by atoms with Crippen LogP contribution in [0.25, 0.3) is 0 Å². The molecule has 0 amide bonds. The molecular formula is C16H30N4. The number of nitrogens with zero attached hydrogens (tertiary/aromatic N) is 3. The van der Waals surface area contributed by atoms with Crippen LogP contribution in [0.1, 0.15) is 59.2 Å². The third-order valence-electron chi connectivity index (χ3n) is 3.52. The van der Waals surface area contributed by atoms with E-state index < -0.39 is 0 Å². The third kappa shape index (κ3) is 4.99. The zero-order valence-corrected chi connectivity index (χ0v) is 13.7. The predicted molar refractivity (Wildman–Crippen MR) is 87.6 cm³/mol. The number of hydrogen-bond acceptors (Lipinski definition) is 4. The maximum atomic E-state index is 4.71. The Morgan fingerprint density at radius 1 is 1.15 bits per heavy atom. The van der Waals surface area contributed by atoms with Crippen molar-refractivity contribution in [1.82, 2.24) is 9.97 Å². The largest absolute Gasteiger partial charge is 0.370 e. The molecule has 1 aromatic heterocycles. The van der Waals surface area contributed by atoms with Gasteiger partial charge in [-0.05, 0) is 26.2 Å². The summed E-state index contributed by atoms with van der Waals surface area (Å²) >= 11 is 0. The Morgan fingerprint density at radius 2 is 1.90 bits per heavy atom. The van der Waals surface area contributed by atoms with Gasteiger partial charge in [-0.25, -0.2) is 9.97 Å². The molecule has 0 aliphatic heterocycles. The van der Waals surface area contributed by atoms with Crippen molar-refractivity contribution < 1.29 is 0 Å². The molecule has 4 heteroatoms. The lowest BCUT2D eigenvalue weighted by atomic mass is 10.2. The van der Waals surface area contributed by atoms with Crippen LogP contribution in [-0.4, -0.2) is 29.6 Å². The van der Waals surface area contributed by atoms with Gasteiger partial charge in [0.25, 0.3) is 0 Å². The van der Waals surface area contributed by atoms with Crippen LogP contribution in [0.3, 0.4) is 0 Å². The molecule has 114 valence electrons. The first-order valence-corrected chi connectivity index (χ1v) is 7.96. The molecular weight excluding hydrogens is 248 g/mol. The summed E-state index contributed by atoms with van der Waals surface area (Å²) in [4.78, 5) is 11.6. The van der Waals surface area contributed by atoms with Gasteiger partial charge in [0.2, 0.25) is 0 Å². The molecule has 0 aliphatic rings. The van der Waals surface area contributed by atoms with Gasteiger partial charge < -0.3 is 10.2 Å². The summed E-state index contributed by atoms with van der Waals surface area (Å²) in [6.07, 6.45) is 5.49. The van der Waals surface area contributed by atoms with Crippen molar-refractivity contribution in [1.29, 1.82) is 0 Å². The van der Waals surface area contributed by atoms with Crippen molar-refractivity contribution in [3.63, 3.8) is 0 Å². The van der Waals surface area contributed by atoms with Crippen LogP contribution in [0.15, 0.2) is 6.07 Å². The molecule has 0 aromatic carbocycles. The summed E-state index contributed by atoms with van der Waals surface area (Å²) < 4.78 is 0. The minimum atomic E-state index is 0.503. The monoisotopic (exact) mass is 278 g/mol. The highest BCUT2D eigenvalue weighted by molar-refractivity contribution is 5.49. The molecule has 0 bridgehead atoms. The zero-order chi connectivity index (χ0) is 15.0. The van der Waals surface area contributed by atoms with E-state index in [-0.39, 0.29) is 0 Å². The van der Waals surface area contributed by atoms with Crippen molar-refractivity contribution >= 4 is 11.6 Å². The van der Waals surface area contributed by atoms with Gasteiger partial charge in [-0.1, -0.05) is 27.2 Å².